The summed E-state index contributed by atoms with van der Waals surface area (Å²) in [6.07, 6.45) is -0.744. The number of benzene rings is 1. The van der Waals surface area contributed by atoms with Gasteiger partial charge in [0.2, 0.25) is 5.75 Å². The third-order valence-electron chi connectivity index (χ3n) is 4.34. The van der Waals surface area contributed by atoms with E-state index in [1.807, 2.05) is 12.1 Å². The lowest BCUT2D eigenvalue weighted by Gasteiger charge is -2.34. The van der Waals surface area contributed by atoms with Crippen LogP contribution in [0, 0.1) is 0 Å². The van der Waals surface area contributed by atoms with Crippen LogP contribution in [0.5, 0.6) is 17.2 Å². The average molecular weight is 425 g/mol. The molecule has 0 bridgehead atoms. The molecular formula is C18H30Cl2N2O5. The van der Waals surface area contributed by atoms with Gasteiger partial charge in [-0.3, -0.25) is 4.90 Å². The Morgan fingerprint density at radius 1 is 0.963 bits per heavy atom. The fraction of sp³-hybridized carbons (Fsp3) is 0.611. The third-order valence-corrected chi connectivity index (χ3v) is 4.34. The topological polar surface area (TPSA) is 60.5 Å². The number of hydrogen-bond donors (Lipinski definition) is 0. The molecule has 0 spiro atoms. The van der Waals surface area contributed by atoms with Crippen LogP contribution in [0.1, 0.15) is 19.4 Å². The first-order valence-corrected chi connectivity index (χ1v) is 8.66. The molecule has 9 heteroatoms. The Morgan fingerprint density at radius 3 is 2.11 bits per heavy atom. The van der Waals surface area contributed by atoms with E-state index in [1.165, 1.54) is 7.11 Å². The SMILES string of the molecule is CCOC(=O)Oc1c(CN2CCN(CC)CC2)ccc(OC)c1OC.Cl.Cl. The fourth-order valence-electron chi connectivity index (χ4n) is 2.91. The van der Waals surface area contributed by atoms with Crippen LogP contribution in [0.25, 0.3) is 0 Å². The highest BCUT2D eigenvalue weighted by Crippen LogP contribution is 2.40. The van der Waals surface area contributed by atoms with Crippen LogP contribution >= 0.6 is 24.8 Å². The lowest BCUT2D eigenvalue weighted by molar-refractivity contribution is 0.101. The van der Waals surface area contributed by atoms with Gasteiger partial charge in [-0.05, 0) is 19.5 Å². The van der Waals surface area contributed by atoms with Crippen molar-refractivity contribution < 1.29 is 23.7 Å². The Bertz CT molecular complexity index is 581. The molecule has 1 aromatic rings. The van der Waals surface area contributed by atoms with Gasteiger partial charge in [0.15, 0.2) is 11.5 Å². The largest absolute Gasteiger partial charge is 0.513 e. The molecular weight excluding hydrogens is 395 g/mol. The Hall–Kier alpha value is -1.41. The molecule has 0 aromatic heterocycles. The van der Waals surface area contributed by atoms with Crippen molar-refractivity contribution in [3.05, 3.63) is 17.7 Å². The van der Waals surface area contributed by atoms with E-state index < -0.39 is 6.16 Å². The highest BCUT2D eigenvalue weighted by molar-refractivity contribution is 5.85. The zero-order valence-electron chi connectivity index (χ0n) is 16.4. The first kappa shape index (κ1) is 25.6. The van der Waals surface area contributed by atoms with Crippen molar-refractivity contribution in [2.45, 2.75) is 20.4 Å². The van der Waals surface area contributed by atoms with Crippen LogP contribution in [0.3, 0.4) is 0 Å². The summed E-state index contributed by atoms with van der Waals surface area (Å²) in [6, 6.07) is 3.73. The fourth-order valence-corrected chi connectivity index (χ4v) is 2.91. The number of nitrogens with zero attached hydrogens (tertiary/aromatic N) is 2. The number of ether oxygens (including phenoxy) is 4. The number of carbonyl (C=O) groups is 1. The van der Waals surface area contributed by atoms with Gasteiger partial charge >= 0.3 is 6.16 Å². The normalized spacial score (nSPS) is 14.5. The number of rotatable bonds is 7. The minimum Gasteiger partial charge on any atom is -0.493 e. The number of methoxy groups -OCH3 is 2. The van der Waals surface area contributed by atoms with Crippen LogP contribution in [-0.4, -0.2) is 69.5 Å². The molecule has 1 aliphatic rings. The molecule has 1 aliphatic heterocycles. The molecule has 0 atom stereocenters. The van der Waals surface area contributed by atoms with Crippen LogP contribution in [-0.2, 0) is 11.3 Å². The van der Waals surface area contributed by atoms with Crippen molar-refractivity contribution in [2.24, 2.45) is 0 Å². The molecule has 1 saturated heterocycles. The monoisotopic (exact) mass is 424 g/mol. The van der Waals surface area contributed by atoms with Gasteiger partial charge in [-0.2, -0.15) is 0 Å². The van der Waals surface area contributed by atoms with Crippen LogP contribution in [0.4, 0.5) is 4.79 Å². The number of halogens is 2. The molecule has 2 rings (SSSR count). The van der Waals surface area contributed by atoms with Crippen LogP contribution in [0.15, 0.2) is 12.1 Å². The van der Waals surface area contributed by atoms with E-state index in [2.05, 4.69) is 16.7 Å². The molecule has 0 unspecified atom stereocenters. The van der Waals surface area contributed by atoms with E-state index in [0.717, 1.165) is 38.3 Å². The molecule has 0 amide bonds. The zero-order chi connectivity index (χ0) is 18.2. The maximum absolute atomic E-state index is 11.8. The summed E-state index contributed by atoms with van der Waals surface area (Å²) >= 11 is 0. The molecule has 1 aromatic carbocycles. The predicted molar refractivity (Wildman–Crippen MR) is 109 cm³/mol. The Labute approximate surface area is 173 Å². The second kappa shape index (κ2) is 12.9. The van der Waals surface area contributed by atoms with Crippen LogP contribution in [0.2, 0.25) is 0 Å². The minimum absolute atomic E-state index is 0. The van der Waals surface area contributed by atoms with Gasteiger partial charge in [-0.1, -0.05) is 13.0 Å². The van der Waals surface area contributed by atoms with Crippen molar-refractivity contribution >= 4 is 31.0 Å². The van der Waals surface area contributed by atoms with E-state index in [0.29, 0.717) is 23.8 Å². The van der Waals surface area contributed by atoms with Gasteiger partial charge in [-0.15, -0.1) is 24.8 Å². The predicted octanol–water partition coefficient (Wildman–Crippen LogP) is 3.22. The van der Waals surface area contributed by atoms with Gasteiger partial charge in [0, 0.05) is 38.3 Å². The highest BCUT2D eigenvalue weighted by Gasteiger charge is 2.23. The summed E-state index contributed by atoms with van der Waals surface area (Å²) in [6.45, 7) is 9.93. The average Bonchev–Trinajstić information content (AvgIpc) is 2.63. The summed E-state index contributed by atoms with van der Waals surface area (Å²) in [5, 5.41) is 0. The number of likely N-dealkylation sites (N-methyl/N-ethyl adjacent to an activating group) is 1. The second-order valence-electron chi connectivity index (χ2n) is 5.78. The molecule has 27 heavy (non-hydrogen) atoms. The van der Waals surface area contributed by atoms with Gasteiger partial charge in [0.05, 0.1) is 20.8 Å². The molecule has 0 radical (unpaired) electrons. The zero-order valence-corrected chi connectivity index (χ0v) is 18.0. The Balaban J connectivity index is 0.00000338. The number of hydrogen-bond acceptors (Lipinski definition) is 7. The maximum Gasteiger partial charge on any atom is 0.513 e. The van der Waals surface area contributed by atoms with Crippen molar-refractivity contribution in [1.82, 2.24) is 9.80 Å². The van der Waals surface area contributed by atoms with Crippen molar-refractivity contribution in [1.29, 1.82) is 0 Å². The lowest BCUT2D eigenvalue weighted by Crippen LogP contribution is -2.45. The van der Waals surface area contributed by atoms with Gasteiger partial charge in [0.1, 0.15) is 0 Å². The van der Waals surface area contributed by atoms with E-state index in [4.69, 9.17) is 18.9 Å². The molecule has 1 heterocycles. The Morgan fingerprint density at radius 2 is 1.59 bits per heavy atom. The summed E-state index contributed by atoms with van der Waals surface area (Å²) in [5.74, 6) is 1.28. The molecule has 0 aliphatic carbocycles. The van der Waals surface area contributed by atoms with E-state index in [9.17, 15) is 4.79 Å². The molecule has 0 saturated carbocycles. The first-order valence-electron chi connectivity index (χ1n) is 8.66. The second-order valence-corrected chi connectivity index (χ2v) is 5.78. The number of carbonyl (C=O) groups excluding carboxylic acids is 1. The maximum atomic E-state index is 11.8. The standard InChI is InChI=1S/C18H28N2O5.2ClH/c1-5-19-9-11-20(12-10-19)13-14-7-8-15(22-3)17(23-4)16(14)25-18(21)24-6-2;;/h7-8H,5-6,9-13H2,1-4H3;2*1H. The highest BCUT2D eigenvalue weighted by atomic mass is 35.5. The third kappa shape index (κ3) is 6.92. The quantitative estimate of drug-likeness (QED) is 0.491. The Kier molecular flexibility index (Phi) is 12.2. The minimum atomic E-state index is -0.744. The van der Waals surface area contributed by atoms with Crippen LogP contribution < -0.4 is 14.2 Å². The summed E-state index contributed by atoms with van der Waals surface area (Å²) in [5.41, 5.74) is 0.871. The molecule has 7 nitrogen and oxygen atoms in total. The summed E-state index contributed by atoms with van der Waals surface area (Å²) in [4.78, 5) is 16.6. The smallest absolute Gasteiger partial charge is 0.493 e. The lowest BCUT2D eigenvalue weighted by atomic mass is 10.1. The van der Waals surface area contributed by atoms with Crippen molar-refractivity contribution in [3.63, 3.8) is 0 Å². The summed E-state index contributed by atoms with van der Waals surface area (Å²) in [7, 11) is 3.08. The van der Waals surface area contributed by atoms with E-state index in [-0.39, 0.29) is 31.4 Å². The summed E-state index contributed by atoms with van der Waals surface area (Å²) < 4.78 is 21.1. The van der Waals surface area contributed by atoms with E-state index in [1.54, 1.807) is 14.0 Å². The molecule has 1 fully saturated rings. The van der Waals surface area contributed by atoms with E-state index >= 15 is 0 Å². The van der Waals surface area contributed by atoms with Gasteiger partial charge in [0.25, 0.3) is 0 Å². The van der Waals surface area contributed by atoms with Crippen molar-refractivity contribution in [3.8, 4) is 17.2 Å². The number of piperazine rings is 1. The molecule has 0 N–H and O–H groups in total. The molecule has 156 valence electrons. The van der Waals surface area contributed by atoms with Crippen molar-refractivity contribution in [2.75, 3.05) is 53.6 Å². The first-order chi connectivity index (χ1) is 12.1. The van der Waals surface area contributed by atoms with Gasteiger partial charge in [-0.25, -0.2) is 4.79 Å². The van der Waals surface area contributed by atoms with Gasteiger partial charge < -0.3 is 23.8 Å².